The highest BCUT2D eigenvalue weighted by Gasteiger charge is 2.31. The second-order valence-electron chi connectivity index (χ2n) is 7.49. The molecular formula is C23H18F3N5O. The molecule has 1 unspecified atom stereocenters. The molecule has 162 valence electrons. The molecule has 0 saturated carbocycles. The Morgan fingerprint density at radius 3 is 2.59 bits per heavy atom. The first-order valence-corrected chi connectivity index (χ1v) is 10.1. The summed E-state index contributed by atoms with van der Waals surface area (Å²) in [5, 5.41) is 0.924. The van der Waals surface area contributed by atoms with Gasteiger partial charge in [0.05, 0.1) is 17.6 Å². The molecule has 1 fully saturated rings. The largest absolute Gasteiger partial charge is 0.472 e. The normalized spacial score (nSPS) is 16.5. The van der Waals surface area contributed by atoms with Gasteiger partial charge in [0.15, 0.2) is 5.82 Å². The average molecular weight is 437 g/mol. The summed E-state index contributed by atoms with van der Waals surface area (Å²) in [6.45, 7) is 1.23. The number of hydrogen-bond acceptors (Lipinski definition) is 6. The van der Waals surface area contributed by atoms with Crippen LogP contribution in [0.2, 0.25) is 0 Å². The molecule has 4 aromatic rings. The fourth-order valence-corrected chi connectivity index (χ4v) is 3.73. The number of aromatic nitrogens is 4. The number of halogens is 3. The van der Waals surface area contributed by atoms with E-state index < -0.39 is 11.7 Å². The maximum absolute atomic E-state index is 12.7. The van der Waals surface area contributed by atoms with Crippen molar-refractivity contribution in [1.29, 1.82) is 0 Å². The Bertz CT molecular complexity index is 1230. The highest BCUT2D eigenvalue weighted by atomic mass is 19.4. The molecule has 0 amide bonds. The predicted octanol–water partition coefficient (Wildman–Crippen LogP) is 4.76. The average Bonchev–Trinajstić information content (AvgIpc) is 3.27. The summed E-state index contributed by atoms with van der Waals surface area (Å²) in [5.41, 5.74) is 0.846. The summed E-state index contributed by atoms with van der Waals surface area (Å²) in [6, 6.07) is 13.8. The zero-order valence-corrected chi connectivity index (χ0v) is 16.8. The van der Waals surface area contributed by atoms with E-state index >= 15 is 0 Å². The van der Waals surface area contributed by atoms with Crippen LogP contribution in [-0.4, -0.2) is 39.1 Å². The van der Waals surface area contributed by atoms with Crippen molar-refractivity contribution in [3.63, 3.8) is 0 Å². The van der Waals surface area contributed by atoms with E-state index in [1.54, 1.807) is 12.4 Å². The van der Waals surface area contributed by atoms with Gasteiger partial charge in [-0.25, -0.2) is 15.0 Å². The summed E-state index contributed by atoms with van der Waals surface area (Å²) in [5.74, 6) is 1.55. The topological polar surface area (TPSA) is 64.0 Å². The lowest BCUT2D eigenvalue weighted by Gasteiger charge is -2.20. The molecule has 4 heterocycles. The van der Waals surface area contributed by atoms with E-state index in [-0.39, 0.29) is 12.0 Å². The van der Waals surface area contributed by atoms with E-state index in [9.17, 15) is 13.2 Å². The molecule has 0 N–H and O–H groups in total. The van der Waals surface area contributed by atoms with Crippen molar-refractivity contribution >= 4 is 16.7 Å². The van der Waals surface area contributed by atoms with Gasteiger partial charge in [0.25, 0.3) is 0 Å². The Morgan fingerprint density at radius 2 is 1.84 bits per heavy atom. The number of anilines is 1. The first-order valence-electron chi connectivity index (χ1n) is 10.1. The predicted molar refractivity (Wildman–Crippen MR) is 113 cm³/mol. The van der Waals surface area contributed by atoms with Crippen LogP contribution in [0.1, 0.15) is 12.0 Å². The monoisotopic (exact) mass is 437 g/mol. The van der Waals surface area contributed by atoms with Crippen LogP contribution < -0.4 is 9.64 Å². The number of pyridine rings is 2. The molecule has 1 aliphatic rings. The first kappa shape index (κ1) is 20.2. The molecule has 1 saturated heterocycles. The van der Waals surface area contributed by atoms with Gasteiger partial charge < -0.3 is 9.64 Å². The minimum atomic E-state index is -4.42. The number of benzene rings is 1. The molecule has 0 spiro atoms. The number of ether oxygens (including phenoxy) is 1. The van der Waals surface area contributed by atoms with E-state index in [2.05, 4.69) is 19.9 Å². The molecule has 0 bridgehead atoms. The van der Waals surface area contributed by atoms with Crippen LogP contribution in [0.5, 0.6) is 5.88 Å². The lowest BCUT2D eigenvalue weighted by Crippen LogP contribution is -2.26. The third kappa shape index (κ3) is 4.05. The summed E-state index contributed by atoms with van der Waals surface area (Å²) in [4.78, 5) is 19.6. The Kier molecular flexibility index (Phi) is 5.08. The summed E-state index contributed by atoms with van der Waals surface area (Å²) in [7, 11) is 0. The number of fused-ring (bicyclic) bond motifs is 1. The van der Waals surface area contributed by atoms with Gasteiger partial charge in [-0.3, -0.25) is 4.98 Å². The van der Waals surface area contributed by atoms with E-state index in [0.29, 0.717) is 25.3 Å². The Morgan fingerprint density at radius 1 is 0.969 bits per heavy atom. The van der Waals surface area contributed by atoms with Gasteiger partial charge in [0.1, 0.15) is 11.9 Å². The second kappa shape index (κ2) is 8.07. The van der Waals surface area contributed by atoms with Gasteiger partial charge in [-0.05, 0) is 30.3 Å². The van der Waals surface area contributed by atoms with E-state index in [1.165, 1.54) is 6.07 Å². The smallest absolute Gasteiger partial charge is 0.417 e. The Balaban J connectivity index is 1.39. The quantitative estimate of drug-likeness (QED) is 0.459. The molecule has 9 heteroatoms. The third-order valence-corrected chi connectivity index (χ3v) is 5.30. The molecule has 0 radical (unpaired) electrons. The fraction of sp³-hybridized carbons (Fsp3) is 0.217. The molecule has 1 atom stereocenters. The standard InChI is InChI=1S/C23H18F3N5O/c24-23(25,26)16-7-8-20(28-13-16)32-17-9-11-31(14-17)22-18-5-1-2-6-19(18)29-21(30-22)15-4-3-10-27-12-15/h1-8,10,12-13,17H,9,11,14H2. The SMILES string of the molecule is FC(F)(F)c1ccc(OC2CCN(c3nc(-c4cccnc4)nc4ccccc34)C2)nc1. The minimum absolute atomic E-state index is 0.174. The van der Waals surface area contributed by atoms with Gasteiger partial charge >= 0.3 is 6.18 Å². The molecule has 3 aromatic heterocycles. The van der Waals surface area contributed by atoms with Crippen molar-refractivity contribution < 1.29 is 17.9 Å². The number of hydrogen-bond donors (Lipinski definition) is 0. The maximum Gasteiger partial charge on any atom is 0.417 e. The molecule has 5 rings (SSSR count). The number of para-hydroxylation sites is 1. The number of nitrogens with zero attached hydrogens (tertiary/aromatic N) is 5. The summed E-state index contributed by atoms with van der Waals surface area (Å²) < 4.78 is 44.1. The molecule has 0 aliphatic carbocycles. The highest BCUT2D eigenvalue weighted by Crippen LogP contribution is 2.32. The van der Waals surface area contributed by atoms with Crippen molar-refractivity contribution in [2.45, 2.75) is 18.7 Å². The van der Waals surface area contributed by atoms with Crippen LogP contribution in [0.3, 0.4) is 0 Å². The van der Waals surface area contributed by atoms with Crippen molar-refractivity contribution in [2.75, 3.05) is 18.0 Å². The number of alkyl halides is 3. The third-order valence-electron chi connectivity index (χ3n) is 5.30. The van der Waals surface area contributed by atoms with E-state index in [4.69, 9.17) is 9.72 Å². The van der Waals surface area contributed by atoms with Crippen molar-refractivity contribution in [3.05, 3.63) is 72.7 Å². The Labute approximate surface area is 181 Å². The van der Waals surface area contributed by atoms with Crippen LogP contribution in [0.15, 0.2) is 67.1 Å². The van der Waals surface area contributed by atoms with E-state index in [0.717, 1.165) is 34.5 Å². The van der Waals surface area contributed by atoms with Crippen LogP contribution in [0.25, 0.3) is 22.3 Å². The minimum Gasteiger partial charge on any atom is -0.472 e. The van der Waals surface area contributed by atoms with Crippen molar-refractivity contribution in [1.82, 2.24) is 19.9 Å². The maximum atomic E-state index is 12.7. The van der Waals surface area contributed by atoms with Gasteiger partial charge in [-0.15, -0.1) is 0 Å². The van der Waals surface area contributed by atoms with Gasteiger partial charge in [-0.1, -0.05) is 12.1 Å². The Hall–Kier alpha value is -3.75. The van der Waals surface area contributed by atoms with Gasteiger partial charge in [0.2, 0.25) is 5.88 Å². The van der Waals surface area contributed by atoms with Gasteiger partial charge in [-0.2, -0.15) is 13.2 Å². The first-order chi connectivity index (χ1) is 15.5. The van der Waals surface area contributed by atoms with Crippen LogP contribution in [0.4, 0.5) is 19.0 Å². The van der Waals surface area contributed by atoms with Gasteiger partial charge in [0, 0.05) is 48.6 Å². The molecule has 32 heavy (non-hydrogen) atoms. The second-order valence-corrected chi connectivity index (χ2v) is 7.49. The van der Waals surface area contributed by atoms with Crippen LogP contribution in [0, 0.1) is 0 Å². The lowest BCUT2D eigenvalue weighted by atomic mass is 10.2. The fourth-order valence-electron chi connectivity index (χ4n) is 3.73. The zero-order chi connectivity index (χ0) is 22.1. The lowest BCUT2D eigenvalue weighted by molar-refractivity contribution is -0.137. The zero-order valence-electron chi connectivity index (χ0n) is 16.8. The highest BCUT2D eigenvalue weighted by molar-refractivity contribution is 5.91. The van der Waals surface area contributed by atoms with Crippen LogP contribution in [-0.2, 0) is 6.18 Å². The van der Waals surface area contributed by atoms with Crippen molar-refractivity contribution in [2.24, 2.45) is 0 Å². The summed E-state index contributed by atoms with van der Waals surface area (Å²) >= 11 is 0. The molecule has 1 aliphatic heterocycles. The molecule has 1 aromatic carbocycles. The number of rotatable bonds is 4. The molecular weight excluding hydrogens is 419 g/mol. The van der Waals surface area contributed by atoms with Crippen molar-refractivity contribution in [3.8, 4) is 17.3 Å². The van der Waals surface area contributed by atoms with Crippen LogP contribution >= 0.6 is 0 Å². The molecule has 6 nitrogen and oxygen atoms in total. The summed E-state index contributed by atoms with van der Waals surface area (Å²) in [6.07, 6.45) is 0.275. The van der Waals surface area contributed by atoms with E-state index in [1.807, 2.05) is 36.4 Å².